The zero-order valence-electron chi connectivity index (χ0n) is 19.4. The largest absolute Gasteiger partial charge is 0.459 e. The number of carbonyl (C=O) groups excluding carboxylic acids is 1. The first-order valence-corrected chi connectivity index (χ1v) is 11.6. The molecule has 2 atom stereocenters. The van der Waals surface area contributed by atoms with E-state index in [4.69, 9.17) is 9.40 Å². The van der Waals surface area contributed by atoms with Crippen molar-refractivity contribution in [1.82, 2.24) is 19.4 Å². The van der Waals surface area contributed by atoms with Crippen molar-refractivity contribution < 1.29 is 9.21 Å². The third kappa shape index (κ3) is 4.15. The fourth-order valence-electron chi connectivity index (χ4n) is 4.77. The summed E-state index contributed by atoms with van der Waals surface area (Å²) >= 11 is 0. The van der Waals surface area contributed by atoms with Gasteiger partial charge in [-0.25, -0.2) is 4.98 Å². The minimum Gasteiger partial charge on any atom is -0.459 e. The standard InChI is InChI=1S/C27H28N4O3/c1-19-17-29(14-15-30(19)27(33)24-13-8-16-34-24)20(2)25-28-23-12-7-6-11-22(23)26(32)31(25)18-21-9-4-3-5-10-21/h3-13,16,19-20H,14-15,17-18H2,1-2H3. The van der Waals surface area contributed by atoms with E-state index in [0.29, 0.717) is 42.8 Å². The molecule has 7 heteroatoms. The molecule has 34 heavy (non-hydrogen) atoms. The predicted molar refractivity (Wildman–Crippen MR) is 131 cm³/mol. The molecule has 0 N–H and O–H groups in total. The van der Waals surface area contributed by atoms with Crippen LogP contribution in [0.25, 0.3) is 10.9 Å². The van der Waals surface area contributed by atoms with E-state index >= 15 is 0 Å². The number of nitrogens with zero attached hydrogens (tertiary/aromatic N) is 4. The van der Waals surface area contributed by atoms with Crippen molar-refractivity contribution in [3.63, 3.8) is 0 Å². The number of aromatic nitrogens is 2. The van der Waals surface area contributed by atoms with Gasteiger partial charge in [0.2, 0.25) is 0 Å². The number of furan rings is 1. The zero-order chi connectivity index (χ0) is 23.7. The molecule has 1 aliphatic heterocycles. The second-order valence-electron chi connectivity index (χ2n) is 8.86. The van der Waals surface area contributed by atoms with Crippen molar-refractivity contribution in [3.8, 4) is 0 Å². The van der Waals surface area contributed by atoms with Gasteiger partial charge in [0.1, 0.15) is 5.82 Å². The molecular weight excluding hydrogens is 428 g/mol. The molecule has 3 heterocycles. The van der Waals surface area contributed by atoms with Gasteiger partial charge in [0.05, 0.1) is 29.8 Å². The molecule has 2 unspecified atom stereocenters. The Hall–Kier alpha value is -3.71. The Kier molecular flexibility index (Phi) is 6.02. The van der Waals surface area contributed by atoms with Gasteiger partial charge in [0.25, 0.3) is 11.5 Å². The third-order valence-electron chi connectivity index (χ3n) is 6.65. The summed E-state index contributed by atoms with van der Waals surface area (Å²) in [7, 11) is 0. The number of hydrogen-bond donors (Lipinski definition) is 0. The molecule has 0 bridgehead atoms. The molecule has 4 aromatic rings. The SMILES string of the molecule is CC(c1nc2ccccc2c(=O)n1Cc1ccccc1)N1CCN(C(=O)c2ccco2)C(C)C1. The Morgan fingerprint density at radius 2 is 1.82 bits per heavy atom. The number of amides is 1. The van der Waals surface area contributed by atoms with Crippen LogP contribution in [0, 0.1) is 0 Å². The molecule has 174 valence electrons. The first-order chi connectivity index (χ1) is 16.5. The van der Waals surface area contributed by atoms with E-state index in [1.807, 2.05) is 66.4 Å². The summed E-state index contributed by atoms with van der Waals surface area (Å²) in [6.07, 6.45) is 1.52. The summed E-state index contributed by atoms with van der Waals surface area (Å²) in [4.78, 5) is 35.4. The lowest BCUT2D eigenvalue weighted by molar-refractivity contribution is 0.0366. The first-order valence-electron chi connectivity index (χ1n) is 11.6. The van der Waals surface area contributed by atoms with Crippen LogP contribution in [0.4, 0.5) is 0 Å². The third-order valence-corrected chi connectivity index (χ3v) is 6.65. The average Bonchev–Trinajstić information content (AvgIpc) is 3.40. The minimum atomic E-state index is -0.0932. The van der Waals surface area contributed by atoms with Gasteiger partial charge in [-0.2, -0.15) is 0 Å². The van der Waals surface area contributed by atoms with Crippen molar-refractivity contribution in [3.05, 3.63) is 100 Å². The molecule has 1 saturated heterocycles. The number of carbonyl (C=O) groups is 1. The van der Waals surface area contributed by atoms with Crippen LogP contribution in [0.5, 0.6) is 0 Å². The highest BCUT2D eigenvalue weighted by Gasteiger charge is 2.33. The first kappa shape index (κ1) is 22.1. The fourth-order valence-corrected chi connectivity index (χ4v) is 4.77. The lowest BCUT2D eigenvalue weighted by Crippen LogP contribution is -2.54. The van der Waals surface area contributed by atoms with E-state index in [1.54, 1.807) is 16.7 Å². The highest BCUT2D eigenvalue weighted by atomic mass is 16.3. The van der Waals surface area contributed by atoms with Crippen LogP contribution in [-0.4, -0.2) is 50.9 Å². The molecule has 7 nitrogen and oxygen atoms in total. The Labute approximate surface area is 198 Å². The molecule has 0 radical (unpaired) electrons. The fraction of sp³-hybridized carbons (Fsp3) is 0.296. The monoisotopic (exact) mass is 456 g/mol. The summed E-state index contributed by atoms with van der Waals surface area (Å²) in [5.41, 5.74) is 1.73. The van der Waals surface area contributed by atoms with Crippen LogP contribution >= 0.6 is 0 Å². The smallest absolute Gasteiger partial charge is 0.289 e. The Bertz CT molecular complexity index is 1350. The molecule has 0 aliphatic carbocycles. The van der Waals surface area contributed by atoms with Crippen LogP contribution in [0.15, 0.2) is 82.2 Å². The van der Waals surface area contributed by atoms with E-state index in [2.05, 4.69) is 11.8 Å². The van der Waals surface area contributed by atoms with Gasteiger partial charge in [-0.3, -0.25) is 19.1 Å². The average molecular weight is 457 g/mol. The molecule has 1 fully saturated rings. The maximum Gasteiger partial charge on any atom is 0.289 e. The van der Waals surface area contributed by atoms with Crippen LogP contribution in [0.1, 0.15) is 41.8 Å². The molecule has 2 aromatic heterocycles. The second kappa shape index (κ2) is 9.27. The highest BCUT2D eigenvalue weighted by molar-refractivity contribution is 5.91. The van der Waals surface area contributed by atoms with Crippen molar-refractivity contribution in [1.29, 1.82) is 0 Å². The van der Waals surface area contributed by atoms with E-state index in [1.165, 1.54) is 6.26 Å². The summed E-state index contributed by atoms with van der Waals surface area (Å²) in [5.74, 6) is 1.02. The van der Waals surface area contributed by atoms with Gasteiger partial charge in [0, 0.05) is 25.7 Å². The Morgan fingerprint density at radius 1 is 1.06 bits per heavy atom. The lowest BCUT2D eigenvalue weighted by atomic mass is 10.1. The normalized spacial score (nSPS) is 17.7. The Morgan fingerprint density at radius 3 is 2.56 bits per heavy atom. The van der Waals surface area contributed by atoms with Gasteiger partial charge in [-0.1, -0.05) is 42.5 Å². The minimum absolute atomic E-state index is 0.00329. The van der Waals surface area contributed by atoms with Crippen molar-refractivity contribution in [2.24, 2.45) is 0 Å². The molecule has 0 saturated carbocycles. The summed E-state index contributed by atoms with van der Waals surface area (Å²) < 4.78 is 7.11. The molecule has 2 aromatic carbocycles. The van der Waals surface area contributed by atoms with Crippen molar-refractivity contribution in [2.75, 3.05) is 19.6 Å². The summed E-state index contributed by atoms with van der Waals surface area (Å²) in [6.45, 7) is 6.55. The predicted octanol–water partition coefficient (Wildman–Crippen LogP) is 3.95. The van der Waals surface area contributed by atoms with Crippen LogP contribution in [-0.2, 0) is 6.54 Å². The van der Waals surface area contributed by atoms with Crippen LogP contribution in [0.2, 0.25) is 0 Å². The number of rotatable bonds is 5. The van der Waals surface area contributed by atoms with Gasteiger partial charge in [-0.05, 0) is 43.7 Å². The van der Waals surface area contributed by atoms with Crippen molar-refractivity contribution >= 4 is 16.8 Å². The lowest BCUT2D eigenvalue weighted by Gasteiger charge is -2.42. The van der Waals surface area contributed by atoms with E-state index in [9.17, 15) is 9.59 Å². The van der Waals surface area contributed by atoms with Gasteiger partial charge in [0.15, 0.2) is 5.76 Å². The molecule has 1 amide bonds. The number of fused-ring (bicyclic) bond motifs is 1. The van der Waals surface area contributed by atoms with E-state index in [-0.39, 0.29) is 23.6 Å². The summed E-state index contributed by atoms with van der Waals surface area (Å²) in [6, 6.07) is 20.8. The summed E-state index contributed by atoms with van der Waals surface area (Å²) in [5, 5.41) is 0.622. The number of piperazine rings is 1. The highest BCUT2D eigenvalue weighted by Crippen LogP contribution is 2.25. The van der Waals surface area contributed by atoms with Crippen molar-refractivity contribution in [2.45, 2.75) is 32.5 Å². The number of hydrogen-bond acceptors (Lipinski definition) is 5. The quantitative estimate of drug-likeness (QED) is 0.455. The Balaban J connectivity index is 1.46. The molecule has 0 spiro atoms. The van der Waals surface area contributed by atoms with E-state index in [0.717, 1.165) is 11.4 Å². The second-order valence-corrected chi connectivity index (χ2v) is 8.86. The van der Waals surface area contributed by atoms with E-state index < -0.39 is 0 Å². The zero-order valence-corrected chi connectivity index (χ0v) is 19.4. The van der Waals surface area contributed by atoms with Gasteiger partial charge < -0.3 is 9.32 Å². The van der Waals surface area contributed by atoms with Gasteiger partial charge >= 0.3 is 0 Å². The van der Waals surface area contributed by atoms with Crippen LogP contribution < -0.4 is 5.56 Å². The number of para-hydroxylation sites is 1. The topological polar surface area (TPSA) is 71.6 Å². The number of benzene rings is 2. The molecular formula is C27H28N4O3. The van der Waals surface area contributed by atoms with Gasteiger partial charge in [-0.15, -0.1) is 0 Å². The maximum atomic E-state index is 13.5. The molecule has 1 aliphatic rings. The van der Waals surface area contributed by atoms with Crippen LogP contribution in [0.3, 0.4) is 0 Å². The molecule has 5 rings (SSSR count). The maximum absolute atomic E-state index is 13.5.